The summed E-state index contributed by atoms with van der Waals surface area (Å²) in [6.07, 6.45) is 0.399. The molecule has 0 aliphatic rings. The van der Waals surface area contributed by atoms with E-state index in [2.05, 4.69) is 20.8 Å². The Hall–Kier alpha value is -2.29. The van der Waals surface area contributed by atoms with Gasteiger partial charge in [0.2, 0.25) is 11.0 Å². The lowest BCUT2D eigenvalue weighted by Crippen LogP contribution is -2.23. The monoisotopic (exact) mass is 434 g/mol. The summed E-state index contributed by atoms with van der Waals surface area (Å²) < 4.78 is 5.95. The molecule has 0 bridgehead atoms. The quantitative estimate of drug-likeness (QED) is 0.473. The van der Waals surface area contributed by atoms with Gasteiger partial charge in [-0.15, -0.1) is 10.2 Å². The average Bonchev–Trinajstić information content (AvgIpc) is 3.15. The fourth-order valence-corrected chi connectivity index (χ4v) is 4.25. The lowest BCUT2D eigenvalue weighted by Gasteiger charge is -2.06. The van der Waals surface area contributed by atoms with E-state index in [4.69, 9.17) is 16.3 Å². The van der Waals surface area contributed by atoms with E-state index in [-0.39, 0.29) is 5.91 Å². The first-order valence-corrected chi connectivity index (χ1v) is 10.7. The molecule has 0 spiro atoms. The second-order valence-corrected chi connectivity index (χ2v) is 8.42. The Morgan fingerprint density at radius 1 is 1.18 bits per heavy atom. The predicted molar refractivity (Wildman–Crippen MR) is 115 cm³/mol. The number of aromatic nitrogens is 2. The van der Waals surface area contributed by atoms with Gasteiger partial charge in [-0.1, -0.05) is 52.9 Å². The van der Waals surface area contributed by atoms with Crippen LogP contribution < -0.4 is 15.4 Å². The van der Waals surface area contributed by atoms with Crippen LogP contribution in [0.1, 0.15) is 12.0 Å². The number of hydrogen-bond acceptors (Lipinski definition) is 7. The summed E-state index contributed by atoms with van der Waals surface area (Å²) in [5, 5.41) is 15.7. The Morgan fingerprint density at radius 2 is 1.96 bits per heavy atom. The van der Waals surface area contributed by atoms with Crippen LogP contribution in [0.5, 0.6) is 5.75 Å². The molecule has 3 aromatic rings. The highest BCUT2D eigenvalue weighted by Crippen LogP contribution is 2.28. The Labute approximate surface area is 176 Å². The first-order chi connectivity index (χ1) is 13.6. The van der Waals surface area contributed by atoms with Gasteiger partial charge < -0.3 is 15.4 Å². The number of benzene rings is 2. The Bertz CT molecular complexity index is 918. The highest BCUT2D eigenvalue weighted by molar-refractivity contribution is 8.01. The molecule has 1 amide bonds. The molecule has 0 aliphatic carbocycles. The number of nitrogens with one attached hydrogen (secondary N) is 2. The number of ether oxygens (including phenoxy) is 1. The second kappa shape index (κ2) is 10.3. The van der Waals surface area contributed by atoms with Crippen LogP contribution in [0.4, 0.5) is 10.8 Å². The molecule has 9 heteroatoms. The van der Waals surface area contributed by atoms with Crippen molar-refractivity contribution in [3.8, 4) is 5.75 Å². The number of carbonyl (C=O) groups excluding carboxylic acids is 1. The molecule has 0 radical (unpaired) electrons. The zero-order chi connectivity index (χ0) is 19.8. The lowest BCUT2D eigenvalue weighted by atomic mass is 10.2. The van der Waals surface area contributed by atoms with Crippen molar-refractivity contribution in [3.05, 3.63) is 59.1 Å². The van der Waals surface area contributed by atoms with Crippen molar-refractivity contribution in [2.75, 3.05) is 18.2 Å². The van der Waals surface area contributed by atoms with Gasteiger partial charge in [-0.2, -0.15) is 0 Å². The minimum atomic E-state index is -0.0199. The van der Waals surface area contributed by atoms with Gasteiger partial charge in [0.15, 0.2) is 4.34 Å². The molecule has 0 saturated heterocycles. The number of amides is 1. The minimum absolute atomic E-state index is 0.0199. The van der Waals surface area contributed by atoms with Crippen molar-refractivity contribution in [3.63, 3.8) is 0 Å². The first kappa shape index (κ1) is 20.4. The number of anilines is 2. The number of nitrogens with zero attached hydrogens (tertiary/aromatic N) is 2. The van der Waals surface area contributed by atoms with E-state index >= 15 is 0 Å². The molecular weight excluding hydrogens is 416 g/mol. The summed E-state index contributed by atoms with van der Waals surface area (Å²) >= 11 is 9.05. The number of thioether (sulfide) groups is 1. The van der Waals surface area contributed by atoms with Crippen LogP contribution in [-0.2, 0) is 11.3 Å². The minimum Gasteiger partial charge on any atom is -0.497 e. The molecule has 6 nitrogen and oxygen atoms in total. The first-order valence-electron chi connectivity index (χ1n) is 8.51. The molecule has 0 aliphatic heterocycles. The van der Waals surface area contributed by atoms with Gasteiger partial charge in [0.05, 0.1) is 7.11 Å². The van der Waals surface area contributed by atoms with Gasteiger partial charge >= 0.3 is 0 Å². The third-order valence-electron chi connectivity index (χ3n) is 3.74. The van der Waals surface area contributed by atoms with Crippen molar-refractivity contribution in [1.82, 2.24) is 15.5 Å². The van der Waals surface area contributed by atoms with E-state index < -0.39 is 0 Å². The number of rotatable bonds is 9. The smallest absolute Gasteiger partial charge is 0.221 e. The van der Waals surface area contributed by atoms with Gasteiger partial charge in [-0.3, -0.25) is 4.79 Å². The fraction of sp³-hybridized carbons (Fsp3) is 0.211. The molecule has 28 heavy (non-hydrogen) atoms. The van der Waals surface area contributed by atoms with Crippen molar-refractivity contribution in [2.24, 2.45) is 0 Å². The maximum absolute atomic E-state index is 12.0. The van der Waals surface area contributed by atoms with Gasteiger partial charge in [-0.05, 0) is 35.9 Å². The topological polar surface area (TPSA) is 76.1 Å². The average molecular weight is 435 g/mol. The molecule has 1 heterocycles. The molecule has 1 aromatic heterocycles. The number of carbonyl (C=O) groups is 1. The largest absolute Gasteiger partial charge is 0.497 e. The van der Waals surface area contributed by atoms with Gasteiger partial charge in [-0.25, -0.2) is 0 Å². The SMILES string of the molecule is COc1ccc(Nc2nnc(SCCC(=O)NCc3ccccc3Cl)s2)cc1. The van der Waals surface area contributed by atoms with Gasteiger partial charge in [0.1, 0.15) is 5.75 Å². The number of methoxy groups -OCH3 is 1. The van der Waals surface area contributed by atoms with E-state index in [9.17, 15) is 4.79 Å². The summed E-state index contributed by atoms with van der Waals surface area (Å²) in [4.78, 5) is 12.0. The molecular formula is C19H19ClN4O2S2. The van der Waals surface area contributed by atoms with Crippen molar-refractivity contribution < 1.29 is 9.53 Å². The van der Waals surface area contributed by atoms with E-state index in [1.807, 2.05) is 48.5 Å². The summed E-state index contributed by atoms with van der Waals surface area (Å²) in [5.74, 6) is 1.41. The van der Waals surface area contributed by atoms with E-state index in [0.29, 0.717) is 28.9 Å². The van der Waals surface area contributed by atoms with Crippen molar-refractivity contribution in [1.29, 1.82) is 0 Å². The van der Waals surface area contributed by atoms with Crippen LogP contribution in [0.25, 0.3) is 0 Å². The molecule has 0 unspecified atom stereocenters. The standard InChI is InChI=1S/C19H19ClN4O2S2/c1-26-15-8-6-14(7-9-15)22-18-23-24-19(28-18)27-11-10-17(25)21-12-13-4-2-3-5-16(13)20/h2-9H,10-12H2,1H3,(H,21,25)(H,22,23). The molecule has 146 valence electrons. The molecule has 2 aromatic carbocycles. The maximum Gasteiger partial charge on any atom is 0.221 e. The van der Waals surface area contributed by atoms with Crippen LogP contribution >= 0.6 is 34.7 Å². The van der Waals surface area contributed by atoms with Gasteiger partial charge in [0.25, 0.3) is 0 Å². The van der Waals surface area contributed by atoms with Crippen LogP contribution in [0.3, 0.4) is 0 Å². The normalized spacial score (nSPS) is 10.5. The summed E-state index contributed by atoms with van der Waals surface area (Å²) in [6, 6.07) is 15.1. The Kier molecular flexibility index (Phi) is 7.53. The molecule has 3 rings (SSSR count). The molecule has 0 atom stereocenters. The zero-order valence-electron chi connectivity index (χ0n) is 15.1. The lowest BCUT2D eigenvalue weighted by molar-refractivity contribution is -0.120. The maximum atomic E-state index is 12.0. The third-order valence-corrected chi connectivity index (χ3v) is 6.08. The van der Waals surface area contributed by atoms with Crippen molar-refractivity contribution >= 4 is 51.4 Å². The van der Waals surface area contributed by atoms with Crippen LogP contribution in [-0.4, -0.2) is 29.0 Å². The highest BCUT2D eigenvalue weighted by Gasteiger charge is 2.08. The Morgan fingerprint density at radius 3 is 2.71 bits per heavy atom. The predicted octanol–water partition coefficient (Wildman–Crippen LogP) is 4.74. The second-order valence-electron chi connectivity index (χ2n) is 5.69. The molecule has 2 N–H and O–H groups in total. The number of halogens is 1. The number of hydrogen-bond donors (Lipinski definition) is 2. The van der Waals surface area contributed by atoms with Crippen LogP contribution in [0.15, 0.2) is 52.9 Å². The van der Waals surface area contributed by atoms with Gasteiger partial charge in [0, 0.05) is 29.4 Å². The summed E-state index contributed by atoms with van der Waals surface area (Å²) in [6.45, 7) is 0.428. The summed E-state index contributed by atoms with van der Waals surface area (Å²) in [5.41, 5.74) is 1.82. The highest BCUT2D eigenvalue weighted by atomic mass is 35.5. The zero-order valence-corrected chi connectivity index (χ0v) is 17.5. The Balaban J connectivity index is 1.40. The van der Waals surface area contributed by atoms with Crippen molar-refractivity contribution in [2.45, 2.75) is 17.3 Å². The van der Waals surface area contributed by atoms with E-state index in [1.54, 1.807) is 7.11 Å². The van der Waals surface area contributed by atoms with E-state index in [0.717, 1.165) is 21.3 Å². The molecule has 0 saturated carbocycles. The van der Waals surface area contributed by atoms with Crippen LogP contribution in [0, 0.1) is 0 Å². The third kappa shape index (κ3) is 6.12. The molecule has 0 fully saturated rings. The summed E-state index contributed by atoms with van der Waals surface area (Å²) in [7, 11) is 1.63. The van der Waals surface area contributed by atoms with E-state index in [1.165, 1.54) is 23.1 Å². The fourth-order valence-electron chi connectivity index (χ4n) is 2.27. The van der Waals surface area contributed by atoms with Crippen LogP contribution in [0.2, 0.25) is 5.02 Å².